The van der Waals surface area contributed by atoms with E-state index in [1.165, 1.54) is 0 Å². The summed E-state index contributed by atoms with van der Waals surface area (Å²) in [4.78, 5) is 15.1. The van der Waals surface area contributed by atoms with Crippen LogP contribution in [0.5, 0.6) is 0 Å². The van der Waals surface area contributed by atoms with E-state index in [-0.39, 0.29) is 0 Å². The standard InChI is InChI=1S/C14H18N4O/c1-10(2)18-9-16-7-13(18)8-17-12-5-3-11(4-6-12)14(15)19/h3-7,9-10,17H,8H2,1-2H3,(H2,15,19). The van der Waals surface area contributed by atoms with Crippen LogP contribution in [0, 0.1) is 0 Å². The van der Waals surface area contributed by atoms with Gasteiger partial charge < -0.3 is 15.6 Å². The van der Waals surface area contributed by atoms with Gasteiger partial charge in [-0.3, -0.25) is 4.79 Å². The van der Waals surface area contributed by atoms with Gasteiger partial charge in [0, 0.05) is 23.5 Å². The van der Waals surface area contributed by atoms with E-state index in [0.29, 0.717) is 18.2 Å². The number of anilines is 1. The van der Waals surface area contributed by atoms with E-state index < -0.39 is 5.91 Å². The highest BCUT2D eigenvalue weighted by Crippen LogP contribution is 2.13. The smallest absolute Gasteiger partial charge is 0.248 e. The van der Waals surface area contributed by atoms with Crippen molar-refractivity contribution in [3.05, 3.63) is 48.0 Å². The molecule has 19 heavy (non-hydrogen) atoms. The van der Waals surface area contributed by atoms with Gasteiger partial charge in [0.2, 0.25) is 5.91 Å². The molecule has 2 rings (SSSR count). The molecule has 1 amide bonds. The Morgan fingerprint density at radius 3 is 2.63 bits per heavy atom. The van der Waals surface area contributed by atoms with E-state index >= 15 is 0 Å². The number of primary amides is 1. The fraction of sp³-hybridized carbons (Fsp3) is 0.286. The van der Waals surface area contributed by atoms with Gasteiger partial charge in [0.25, 0.3) is 0 Å². The molecule has 5 nitrogen and oxygen atoms in total. The van der Waals surface area contributed by atoms with Crippen LogP contribution in [0.15, 0.2) is 36.8 Å². The molecule has 3 N–H and O–H groups in total. The summed E-state index contributed by atoms with van der Waals surface area (Å²) < 4.78 is 2.12. The first-order valence-electron chi connectivity index (χ1n) is 6.22. The van der Waals surface area contributed by atoms with Gasteiger partial charge in [-0.05, 0) is 38.1 Å². The van der Waals surface area contributed by atoms with Gasteiger partial charge in [-0.1, -0.05) is 0 Å². The summed E-state index contributed by atoms with van der Waals surface area (Å²) in [6, 6.07) is 7.50. The average molecular weight is 258 g/mol. The molecule has 0 unspecified atom stereocenters. The lowest BCUT2D eigenvalue weighted by atomic mass is 10.2. The highest BCUT2D eigenvalue weighted by Gasteiger charge is 2.05. The zero-order valence-electron chi connectivity index (χ0n) is 11.1. The lowest BCUT2D eigenvalue weighted by molar-refractivity contribution is 0.100. The van der Waals surface area contributed by atoms with Crippen molar-refractivity contribution in [2.45, 2.75) is 26.4 Å². The highest BCUT2D eigenvalue weighted by molar-refractivity contribution is 5.93. The van der Waals surface area contributed by atoms with E-state index in [1.807, 2.05) is 24.7 Å². The molecule has 5 heteroatoms. The number of rotatable bonds is 5. The summed E-state index contributed by atoms with van der Waals surface area (Å²) in [5.41, 5.74) is 7.77. The lowest BCUT2D eigenvalue weighted by Crippen LogP contribution is -2.11. The maximum absolute atomic E-state index is 11.0. The Balaban J connectivity index is 2.02. The Hall–Kier alpha value is -2.30. The van der Waals surface area contributed by atoms with Crippen LogP contribution < -0.4 is 11.1 Å². The predicted octanol–water partition coefficient (Wildman–Crippen LogP) is 2.17. The van der Waals surface area contributed by atoms with Gasteiger partial charge in [0.1, 0.15) is 0 Å². The number of hydrogen-bond donors (Lipinski definition) is 2. The Bertz CT molecular complexity index is 557. The number of aromatic nitrogens is 2. The number of carbonyl (C=O) groups excluding carboxylic acids is 1. The van der Waals surface area contributed by atoms with E-state index in [0.717, 1.165) is 11.4 Å². The number of nitrogens with zero attached hydrogens (tertiary/aromatic N) is 2. The van der Waals surface area contributed by atoms with Crippen LogP contribution in [0.4, 0.5) is 5.69 Å². The van der Waals surface area contributed by atoms with Gasteiger partial charge >= 0.3 is 0 Å². The molecule has 1 aromatic heterocycles. The summed E-state index contributed by atoms with van der Waals surface area (Å²) >= 11 is 0. The minimum absolute atomic E-state index is 0.386. The minimum atomic E-state index is -0.413. The van der Waals surface area contributed by atoms with Gasteiger partial charge in [-0.2, -0.15) is 0 Å². The molecule has 0 atom stereocenters. The van der Waals surface area contributed by atoms with Crippen molar-refractivity contribution in [2.75, 3.05) is 5.32 Å². The largest absolute Gasteiger partial charge is 0.379 e. The van der Waals surface area contributed by atoms with E-state index in [4.69, 9.17) is 5.73 Å². The number of amides is 1. The second kappa shape index (κ2) is 5.56. The molecule has 0 spiro atoms. The first-order valence-corrected chi connectivity index (χ1v) is 6.22. The van der Waals surface area contributed by atoms with Crippen molar-refractivity contribution in [3.8, 4) is 0 Å². The van der Waals surface area contributed by atoms with Crippen LogP contribution in [0.2, 0.25) is 0 Å². The first-order chi connectivity index (χ1) is 9.08. The number of hydrogen-bond acceptors (Lipinski definition) is 3. The summed E-state index contributed by atoms with van der Waals surface area (Å²) in [5.74, 6) is -0.413. The van der Waals surface area contributed by atoms with Crippen molar-refractivity contribution in [2.24, 2.45) is 5.73 Å². The SMILES string of the molecule is CC(C)n1cncc1CNc1ccc(C(N)=O)cc1. The van der Waals surface area contributed by atoms with Crippen molar-refractivity contribution in [1.82, 2.24) is 9.55 Å². The molecule has 0 radical (unpaired) electrons. The lowest BCUT2D eigenvalue weighted by Gasteiger charge is -2.13. The summed E-state index contributed by atoms with van der Waals surface area (Å²) in [7, 11) is 0. The molecular formula is C14H18N4O. The third kappa shape index (κ3) is 3.13. The Kier molecular flexibility index (Phi) is 3.85. The monoisotopic (exact) mass is 258 g/mol. The van der Waals surface area contributed by atoms with Crippen molar-refractivity contribution >= 4 is 11.6 Å². The summed E-state index contributed by atoms with van der Waals surface area (Å²) in [5, 5.41) is 3.30. The van der Waals surface area contributed by atoms with Crippen LogP contribution in [0.1, 0.15) is 35.9 Å². The van der Waals surface area contributed by atoms with Crippen molar-refractivity contribution in [3.63, 3.8) is 0 Å². The predicted molar refractivity (Wildman–Crippen MR) is 74.9 cm³/mol. The number of benzene rings is 1. The molecule has 2 aromatic rings. The normalized spacial score (nSPS) is 10.7. The Morgan fingerprint density at radius 2 is 2.05 bits per heavy atom. The topological polar surface area (TPSA) is 72.9 Å². The zero-order valence-corrected chi connectivity index (χ0v) is 11.1. The van der Waals surface area contributed by atoms with E-state index in [9.17, 15) is 4.79 Å². The molecule has 1 aromatic carbocycles. The summed E-state index contributed by atoms with van der Waals surface area (Å²) in [6.07, 6.45) is 3.68. The van der Waals surface area contributed by atoms with Crippen molar-refractivity contribution < 1.29 is 4.79 Å². The molecule has 0 aliphatic heterocycles. The molecule has 1 heterocycles. The molecule has 0 aliphatic rings. The number of imidazole rings is 1. The number of nitrogens with two attached hydrogens (primary N) is 1. The van der Waals surface area contributed by atoms with Gasteiger partial charge in [-0.25, -0.2) is 4.98 Å². The second-order valence-corrected chi connectivity index (χ2v) is 4.68. The van der Waals surface area contributed by atoms with Gasteiger partial charge in [0.05, 0.1) is 18.6 Å². The summed E-state index contributed by atoms with van der Waals surface area (Å²) in [6.45, 7) is 4.92. The average Bonchev–Trinajstić information content (AvgIpc) is 2.85. The van der Waals surface area contributed by atoms with Crippen LogP contribution in [-0.2, 0) is 6.54 Å². The molecule has 0 saturated carbocycles. The van der Waals surface area contributed by atoms with Gasteiger partial charge in [-0.15, -0.1) is 0 Å². The quantitative estimate of drug-likeness (QED) is 0.863. The third-order valence-corrected chi connectivity index (χ3v) is 2.95. The van der Waals surface area contributed by atoms with Gasteiger partial charge in [0.15, 0.2) is 0 Å². The minimum Gasteiger partial charge on any atom is -0.379 e. The molecular weight excluding hydrogens is 240 g/mol. The Morgan fingerprint density at radius 1 is 1.37 bits per heavy atom. The highest BCUT2D eigenvalue weighted by atomic mass is 16.1. The molecule has 0 fully saturated rings. The molecule has 100 valence electrons. The second-order valence-electron chi connectivity index (χ2n) is 4.68. The van der Waals surface area contributed by atoms with Crippen LogP contribution in [-0.4, -0.2) is 15.5 Å². The molecule has 0 bridgehead atoms. The Labute approximate surface area is 112 Å². The van der Waals surface area contributed by atoms with Crippen LogP contribution >= 0.6 is 0 Å². The number of carbonyl (C=O) groups is 1. The maximum Gasteiger partial charge on any atom is 0.248 e. The molecule has 0 aliphatic carbocycles. The van der Waals surface area contributed by atoms with E-state index in [1.54, 1.807) is 12.1 Å². The fourth-order valence-electron chi connectivity index (χ4n) is 1.88. The zero-order chi connectivity index (χ0) is 13.8. The first kappa shape index (κ1) is 13.1. The number of nitrogens with one attached hydrogen (secondary N) is 1. The third-order valence-electron chi connectivity index (χ3n) is 2.95. The van der Waals surface area contributed by atoms with Crippen LogP contribution in [0.3, 0.4) is 0 Å². The molecule has 0 saturated heterocycles. The maximum atomic E-state index is 11.0. The fourth-order valence-corrected chi connectivity index (χ4v) is 1.88. The van der Waals surface area contributed by atoms with Crippen LogP contribution in [0.25, 0.3) is 0 Å². The van der Waals surface area contributed by atoms with E-state index in [2.05, 4.69) is 28.7 Å². The van der Waals surface area contributed by atoms with Crippen molar-refractivity contribution in [1.29, 1.82) is 0 Å².